The van der Waals surface area contributed by atoms with Gasteiger partial charge in [0.25, 0.3) is 5.91 Å². The fourth-order valence-corrected chi connectivity index (χ4v) is 12.8. The number of ketones is 1. The lowest BCUT2D eigenvalue weighted by Crippen LogP contribution is -2.73. The summed E-state index contributed by atoms with van der Waals surface area (Å²) in [5.74, 6) is -12.5. The zero-order valence-electron chi connectivity index (χ0n) is 63.9. The lowest BCUT2D eigenvalue weighted by atomic mass is 9.95. The molecular weight excluding hydrogens is 1460 g/mol. The molecule has 7 rings (SSSR count). The van der Waals surface area contributed by atoms with E-state index in [-0.39, 0.29) is 73.5 Å². The summed E-state index contributed by atoms with van der Waals surface area (Å²) in [5.41, 5.74) is 11.4. The first-order chi connectivity index (χ1) is 53.2. The molecule has 0 unspecified atom stereocenters. The number of likely N-dealkylation sites (tertiary alicyclic amines) is 1. The number of halogens is 1. The number of fused-ring (bicyclic) bond motifs is 1. The number of Topliss-reactive ketones (excluding diaryl/α,β-unsaturated/α-hetero) is 1. The van der Waals surface area contributed by atoms with Crippen molar-refractivity contribution in [1.82, 2.24) is 63.1 Å². The van der Waals surface area contributed by atoms with Crippen LogP contribution in [0.5, 0.6) is 0 Å². The van der Waals surface area contributed by atoms with Gasteiger partial charge in [-0.05, 0) is 146 Å². The second-order valence-corrected chi connectivity index (χ2v) is 29.0. The summed E-state index contributed by atoms with van der Waals surface area (Å²) in [6, 6.07) is 20.3. The molecular formula is C80H101ClN16O15. The van der Waals surface area contributed by atoms with E-state index in [2.05, 4.69) is 68.8 Å². The van der Waals surface area contributed by atoms with Crippen LogP contribution in [0.4, 0.5) is 11.4 Å². The minimum absolute atomic E-state index is 0.00427. The number of nitrogens with two attached hydrogens (primary N) is 2. The highest BCUT2D eigenvalue weighted by Gasteiger charge is 2.47. The van der Waals surface area contributed by atoms with Crippen molar-refractivity contribution in [3.8, 4) is 0 Å². The zero-order chi connectivity index (χ0) is 81.9. The van der Waals surface area contributed by atoms with Gasteiger partial charge in [0, 0.05) is 93.4 Å². The Morgan fingerprint density at radius 1 is 0.545 bits per heavy atom. The first-order valence-corrected chi connectivity index (χ1v) is 37.4. The highest BCUT2D eigenvalue weighted by molar-refractivity contribution is 6.31. The molecule has 32 heteroatoms. The predicted octanol–water partition coefficient (Wildman–Crippen LogP) is 2.33. The molecule has 112 heavy (non-hydrogen) atoms. The summed E-state index contributed by atoms with van der Waals surface area (Å²) >= 11 is 6.20. The monoisotopic (exact) mass is 1560 g/mol. The summed E-state index contributed by atoms with van der Waals surface area (Å²) in [4.78, 5) is 202. The van der Waals surface area contributed by atoms with Crippen LogP contribution >= 0.6 is 11.6 Å². The normalized spacial score (nSPS) is 15.2. The molecule has 598 valence electrons. The number of anilines is 2. The molecule has 1 aliphatic rings. The number of nitrogens with one attached hydrogen (secondary N) is 12. The quantitative estimate of drug-likeness (QED) is 0.0114. The smallest absolute Gasteiger partial charge is 0.269 e. The summed E-state index contributed by atoms with van der Waals surface area (Å²) in [5, 5.41) is 45.0. The maximum Gasteiger partial charge on any atom is 0.269 e. The molecule has 17 N–H and O–H groups in total. The lowest BCUT2D eigenvalue weighted by Gasteiger charge is -2.32. The molecule has 10 atom stereocenters. The van der Waals surface area contributed by atoms with Crippen molar-refractivity contribution >= 4 is 116 Å². The molecule has 2 heterocycles. The summed E-state index contributed by atoms with van der Waals surface area (Å²) in [6.45, 7) is 12.3. The Balaban J connectivity index is 1.20. The van der Waals surface area contributed by atoms with Crippen LogP contribution in [0.2, 0.25) is 5.02 Å². The Bertz CT molecular complexity index is 4340. The van der Waals surface area contributed by atoms with Crippen LogP contribution in [-0.4, -0.2) is 183 Å². The van der Waals surface area contributed by atoms with E-state index in [4.69, 9.17) is 23.1 Å². The molecule has 1 saturated heterocycles. The average Bonchev–Trinajstić information content (AvgIpc) is 0.873. The predicted molar refractivity (Wildman–Crippen MR) is 420 cm³/mol. The largest absolute Gasteiger partial charge is 0.394 e. The van der Waals surface area contributed by atoms with Gasteiger partial charge in [0.2, 0.25) is 82.3 Å². The minimum Gasteiger partial charge on any atom is -0.394 e. The Labute approximate surface area is 654 Å². The van der Waals surface area contributed by atoms with Crippen LogP contribution in [0, 0.1) is 5.92 Å². The highest BCUT2D eigenvalue weighted by atomic mass is 35.5. The van der Waals surface area contributed by atoms with Crippen molar-refractivity contribution in [2.24, 2.45) is 17.4 Å². The average molecular weight is 1560 g/mol. The number of aliphatic hydroxyl groups excluding tert-OH is 1. The molecule has 0 bridgehead atoms. The van der Waals surface area contributed by atoms with Gasteiger partial charge in [0.05, 0.1) is 6.61 Å². The van der Waals surface area contributed by atoms with E-state index in [9.17, 15) is 57.8 Å². The van der Waals surface area contributed by atoms with Gasteiger partial charge in [0.1, 0.15) is 54.4 Å². The number of benzene rings is 5. The number of unbranched alkanes of at least 4 members (excludes halogenated alkanes) is 1. The van der Waals surface area contributed by atoms with Crippen LogP contribution in [0.25, 0.3) is 10.8 Å². The van der Waals surface area contributed by atoms with Crippen LogP contribution < -0.4 is 75.3 Å². The number of rotatable bonds is 40. The number of aliphatic hydroxyl groups is 1. The number of amides is 13. The molecule has 0 saturated carbocycles. The van der Waals surface area contributed by atoms with Crippen LogP contribution in [0.15, 0.2) is 140 Å². The molecule has 31 nitrogen and oxygen atoms in total. The van der Waals surface area contributed by atoms with Gasteiger partial charge >= 0.3 is 0 Å². The van der Waals surface area contributed by atoms with Gasteiger partial charge in [-0.1, -0.05) is 112 Å². The van der Waals surface area contributed by atoms with Crippen molar-refractivity contribution in [2.75, 3.05) is 30.3 Å². The summed E-state index contributed by atoms with van der Waals surface area (Å²) in [7, 11) is 0. The molecule has 13 amide bonds. The third kappa shape index (κ3) is 26.6. The van der Waals surface area contributed by atoms with Gasteiger partial charge in [-0.2, -0.15) is 0 Å². The van der Waals surface area contributed by atoms with Crippen molar-refractivity contribution in [3.05, 3.63) is 173 Å². The van der Waals surface area contributed by atoms with Crippen LogP contribution in [0.1, 0.15) is 127 Å². The van der Waals surface area contributed by atoms with E-state index in [0.29, 0.717) is 59.4 Å². The van der Waals surface area contributed by atoms with Crippen molar-refractivity contribution in [3.63, 3.8) is 0 Å². The van der Waals surface area contributed by atoms with E-state index in [1.807, 2.05) is 44.2 Å². The van der Waals surface area contributed by atoms with E-state index in [1.165, 1.54) is 98.7 Å². The molecule has 1 aliphatic heterocycles. The molecule has 0 spiro atoms. The Hall–Kier alpha value is -11.5. The zero-order valence-corrected chi connectivity index (χ0v) is 64.7. The number of nitrogens with zero attached hydrogens (tertiary/aromatic N) is 2. The minimum atomic E-state index is -3.08. The van der Waals surface area contributed by atoms with Crippen molar-refractivity contribution < 1.29 is 72.2 Å². The van der Waals surface area contributed by atoms with Gasteiger partial charge < -0.3 is 79.5 Å². The second-order valence-electron chi connectivity index (χ2n) is 28.6. The number of carbonyl (C=O) groups excluding carboxylic acids is 14. The van der Waals surface area contributed by atoms with E-state index in [0.717, 1.165) is 17.7 Å². The van der Waals surface area contributed by atoms with Gasteiger partial charge in [-0.3, -0.25) is 77.8 Å². The summed E-state index contributed by atoms with van der Waals surface area (Å²) < 4.78 is 0. The van der Waals surface area contributed by atoms with Crippen molar-refractivity contribution in [2.45, 2.75) is 186 Å². The Kier molecular flexibility index (Phi) is 32.9. The van der Waals surface area contributed by atoms with E-state index >= 15 is 14.4 Å². The Morgan fingerprint density at radius 3 is 1.59 bits per heavy atom. The first kappa shape index (κ1) is 87.7. The SMILES string of the molecule is CC(=O)Nc1ccc(C[C@H](NC(=O)[C@H](CO)NC(=O)[C@@H](Cc2cccnc2)NC(=O)[C@](N)(NC(=O)[C@@H](Cc2ccc3ccccc3c2)NC(C)=O)C(=O)c2ccc(Cl)cc2)C(=O)N[C@H](Cc2ccc(NC(C)=O)cc2)C(=O)N[C@@H](CC(C)C)C(=O)N[C@@H](CCCCNC(C)C)C(=O)N2CCC[C@H]2C(=O)N[C@H](C)C(N)=O)cc1. The molecule has 6 aromatic rings. The lowest BCUT2D eigenvalue weighted by molar-refractivity contribution is -0.142. The van der Waals surface area contributed by atoms with E-state index < -0.39 is 150 Å². The number of primary amides is 1. The standard InChI is InChI=1S/C80H101ClN16O15/c1-45(2)37-62(71(104)90-61(18-11-12-35-85-46(3)4)78(111)97-36-14-19-68(97)77(110)86-47(5)70(82)103)91-72(105)63(39-51-21-30-59(31-22-51)87-48(6)99)92-73(106)64(40-52-23-32-60(33-24-52)88-49(7)100)93-75(108)67(44-98)94-74(107)65(42-54-15-13-34-84-43-54)95-79(112)80(83,69(102)56-26-28-58(81)29-27-56)96-76(109)66(89-50(8)101)41-53-20-25-55-16-9-10-17-57(55)38-53/h9-10,13,15-17,20-34,38,43,45-47,61-68,85,98H,11-12,14,18-19,35-37,39-42,44,83H2,1-8H3,(H2,82,103)(H,86,110)(H,87,99)(H,88,100)(H,89,101)(H,90,104)(H,91,105)(H,92,106)(H,93,108)(H,94,107)(H,95,112)(H,96,109)/t47-,61+,62+,63-,64+,65-,66-,67+,68+,80-/m1/s1. The molecule has 1 aromatic heterocycles. The number of aromatic nitrogens is 1. The molecule has 5 aromatic carbocycles. The number of hydrogen-bond donors (Lipinski definition) is 15. The Morgan fingerprint density at radius 2 is 1.05 bits per heavy atom. The second kappa shape index (κ2) is 42.0. The highest BCUT2D eigenvalue weighted by Crippen LogP contribution is 2.24. The van der Waals surface area contributed by atoms with Crippen molar-refractivity contribution in [1.29, 1.82) is 0 Å². The number of hydrogen-bond acceptors (Lipinski definition) is 18. The maximum absolute atomic E-state index is 15.3. The van der Waals surface area contributed by atoms with Gasteiger partial charge in [0.15, 0.2) is 0 Å². The fourth-order valence-electron chi connectivity index (χ4n) is 12.6. The third-order valence-electron chi connectivity index (χ3n) is 18.4. The molecule has 1 fully saturated rings. The van der Waals surface area contributed by atoms with Gasteiger partial charge in [-0.25, -0.2) is 0 Å². The fraction of sp³-hybridized carbons (Fsp3) is 0.412. The topological polar surface area (TPSA) is 472 Å². The third-order valence-corrected chi connectivity index (χ3v) is 18.7. The van der Waals surface area contributed by atoms with Crippen LogP contribution in [-0.2, 0) is 88.0 Å². The van der Waals surface area contributed by atoms with Crippen LogP contribution in [0.3, 0.4) is 0 Å². The van der Waals surface area contributed by atoms with E-state index in [1.54, 1.807) is 50.2 Å². The summed E-state index contributed by atoms with van der Waals surface area (Å²) in [6.07, 6.45) is 3.38. The number of carbonyl (C=O) groups is 14. The van der Waals surface area contributed by atoms with Gasteiger partial charge in [-0.15, -0.1) is 0 Å². The molecule has 0 aliphatic carbocycles. The number of pyridine rings is 1. The first-order valence-electron chi connectivity index (χ1n) is 37.1. The molecule has 0 radical (unpaired) electrons. The maximum atomic E-state index is 15.3.